The van der Waals surface area contributed by atoms with Gasteiger partial charge in [-0.25, -0.2) is 4.79 Å². The number of fused-ring (bicyclic) bond motifs is 1. The first-order valence-corrected chi connectivity index (χ1v) is 9.18. The Morgan fingerprint density at radius 2 is 1.85 bits per heavy atom. The van der Waals surface area contributed by atoms with Crippen molar-refractivity contribution >= 4 is 35.2 Å². The van der Waals surface area contributed by atoms with Gasteiger partial charge in [0.25, 0.3) is 0 Å². The average molecular weight is 396 g/mol. The molecule has 2 N–H and O–H groups in total. The van der Waals surface area contributed by atoms with E-state index in [1.807, 2.05) is 0 Å². The van der Waals surface area contributed by atoms with Gasteiger partial charge in [-0.3, -0.25) is 4.57 Å². The Labute approximate surface area is 161 Å². The molecule has 1 heterocycles. The molecule has 0 fully saturated rings. The molecular formula is C19H19Cl2NO4. The largest absolute Gasteiger partial charge is 0.494 e. The van der Waals surface area contributed by atoms with Crippen LogP contribution in [0.25, 0.3) is 11.8 Å². The van der Waals surface area contributed by atoms with E-state index in [-0.39, 0.29) is 23.4 Å². The Morgan fingerprint density at radius 1 is 1.23 bits per heavy atom. The Hall–Kier alpha value is -2.11. The summed E-state index contributed by atoms with van der Waals surface area (Å²) in [5.41, 5.74) is 2.57. The number of nitrogens with zero attached hydrogens (tertiary/aromatic N) is 1. The summed E-state index contributed by atoms with van der Waals surface area (Å²) in [4.78, 5) is 11.7. The molecule has 7 heteroatoms. The molecule has 0 radical (unpaired) electrons. The molecule has 1 aliphatic rings. The molecule has 26 heavy (non-hydrogen) atoms. The number of carbonyl (C=O) groups is 1. The fourth-order valence-corrected chi connectivity index (χ4v) is 3.53. The fraction of sp³-hybridized carbons (Fsp3) is 0.316. The molecule has 0 aliphatic heterocycles. The molecule has 0 bridgehead atoms. The van der Waals surface area contributed by atoms with Gasteiger partial charge in [-0.2, -0.15) is 0 Å². The van der Waals surface area contributed by atoms with E-state index in [4.69, 9.17) is 27.9 Å². The van der Waals surface area contributed by atoms with E-state index in [0.29, 0.717) is 16.3 Å². The highest BCUT2D eigenvalue weighted by Crippen LogP contribution is 2.41. The second kappa shape index (κ2) is 7.64. The minimum absolute atomic E-state index is 0.0333. The zero-order valence-electron chi connectivity index (χ0n) is 14.3. The summed E-state index contributed by atoms with van der Waals surface area (Å²) in [6.07, 6.45) is 4.83. The smallest absolute Gasteiger partial charge is 0.349 e. The third-order valence-corrected chi connectivity index (χ3v) is 5.03. The van der Waals surface area contributed by atoms with E-state index in [0.717, 1.165) is 36.8 Å². The van der Waals surface area contributed by atoms with Crippen molar-refractivity contribution in [1.82, 2.24) is 4.57 Å². The quantitative estimate of drug-likeness (QED) is 0.587. The molecule has 5 nitrogen and oxygen atoms in total. The molecule has 138 valence electrons. The molecule has 1 aromatic carbocycles. The van der Waals surface area contributed by atoms with Crippen molar-refractivity contribution in [2.45, 2.75) is 32.6 Å². The molecule has 0 atom stereocenters. The van der Waals surface area contributed by atoms with Gasteiger partial charge in [0.1, 0.15) is 5.03 Å². The highest BCUT2D eigenvalue weighted by molar-refractivity contribution is 6.43. The predicted molar refractivity (Wildman–Crippen MR) is 101 cm³/mol. The standard InChI is InChI=1S/C19H19Cl2NO4/c1-2-26-19(25)16(21)10-11-9-12(7-8-15(11)20)22-17(23)13-5-3-4-6-14(13)18(22)24/h7-10,23-24H,2-6H2,1H3. The van der Waals surface area contributed by atoms with Gasteiger partial charge in [0.2, 0.25) is 11.8 Å². The number of aromatic hydroxyl groups is 2. The van der Waals surface area contributed by atoms with Crippen LogP contribution in [-0.2, 0) is 22.4 Å². The lowest BCUT2D eigenvalue weighted by Gasteiger charge is -2.10. The molecule has 0 amide bonds. The first kappa shape index (κ1) is 18.7. The summed E-state index contributed by atoms with van der Waals surface area (Å²) in [5.74, 6) is -0.574. The number of hydrogen-bond donors (Lipinski definition) is 2. The average Bonchev–Trinajstić information content (AvgIpc) is 2.88. The molecule has 2 aromatic rings. The first-order valence-electron chi connectivity index (χ1n) is 8.42. The molecule has 0 saturated carbocycles. The maximum absolute atomic E-state index is 11.7. The van der Waals surface area contributed by atoms with Crippen LogP contribution in [0.4, 0.5) is 0 Å². The third-order valence-electron chi connectivity index (χ3n) is 4.42. The Balaban J connectivity index is 2.05. The fourth-order valence-electron chi connectivity index (χ4n) is 3.19. The Bertz CT molecular complexity index is 857. The second-order valence-electron chi connectivity index (χ2n) is 6.07. The van der Waals surface area contributed by atoms with Gasteiger partial charge in [-0.15, -0.1) is 0 Å². The summed E-state index contributed by atoms with van der Waals surface area (Å²) in [7, 11) is 0. The zero-order chi connectivity index (χ0) is 18.8. The van der Waals surface area contributed by atoms with E-state index in [1.165, 1.54) is 10.6 Å². The van der Waals surface area contributed by atoms with E-state index in [9.17, 15) is 15.0 Å². The van der Waals surface area contributed by atoms with E-state index < -0.39 is 5.97 Å². The van der Waals surface area contributed by atoms with Crippen LogP contribution >= 0.6 is 23.2 Å². The van der Waals surface area contributed by atoms with Gasteiger partial charge < -0.3 is 14.9 Å². The molecule has 1 aliphatic carbocycles. The number of carbonyl (C=O) groups excluding carboxylic acids is 1. The zero-order valence-corrected chi connectivity index (χ0v) is 15.8. The molecule has 0 unspecified atom stereocenters. The normalized spacial score (nSPS) is 14.2. The van der Waals surface area contributed by atoms with Crippen LogP contribution in [-0.4, -0.2) is 27.4 Å². The van der Waals surface area contributed by atoms with Crippen molar-refractivity contribution in [3.63, 3.8) is 0 Å². The van der Waals surface area contributed by atoms with Crippen LogP contribution in [0.2, 0.25) is 5.02 Å². The van der Waals surface area contributed by atoms with Crippen molar-refractivity contribution < 1.29 is 19.7 Å². The van der Waals surface area contributed by atoms with Crippen molar-refractivity contribution in [3.8, 4) is 17.4 Å². The monoisotopic (exact) mass is 395 g/mol. The molecule has 0 saturated heterocycles. The van der Waals surface area contributed by atoms with E-state index >= 15 is 0 Å². The summed E-state index contributed by atoms with van der Waals surface area (Å²) < 4.78 is 6.25. The topological polar surface area (TPSA) is 71.7 Å². The molecule has 1 aromatic heterocycles. The van der Waals surface area contributed by atoms with Crippen LogP contribution in [0.3, 0.4) is 0 Å². The van der Waals surface area contributed by atoms with Gasteiger partial charge in [-0.1, -0.05) is 23.2 Å². The van der Waals surface area contributed by atoms with E-state index in [1.54, 1.807) is 25.1 Å². The molecule has 3 rings (SSSR count). The second-order valence-corrected chi connectivity index (χ2v) is 6.88. The number of ether oxygens (including phenoxy) is 1. The third kappa shape index (κ3) is 3.41. The van der Waals surface area contributed by atoms with Gasteiger partial charge in [0, 0.05) is 16.1 Å². The highest BCUT2D eigenvalue weighted by Gasteiger charge is 2.25. The lowest BCUT2D eigenvalue weighted by molar-refractivity contribution is -0.137. The lowest BCUT2D eigenvalue weighted by atomic mass is 9.95. The van der Waals surface area contributed by atoms with Crippen LogP contribution in [0.1, 0.15) is 36.5 Å². The van der Waals surface area contributed by atoms with Gasteiger partial charge in [0.15, 0.2) is 0 Å². The highest BCUT2D eigenvalue weighted by atomic mass is 35.5. The minimum atomic E-state index is -0.641. The first-order chi connectivity index (χ1) is 12.4. The maximum Gasteiger partial charge on any atom is 0.349 e. The Morgan fingerprint density at radius 3 is 2.42 bits per heavy atom. The van der Waals surface area contributed by atoms with Crippen LogP contribution < -0.4 is 0 Å². The molecule has 0 spiro atoms. The number of hydrogen-bond acceptors (Lipinski definition) is 4. The van der Waals surface area contributed by atoms with Crippen molar-refractivity contribution in [1.29, 1.82) is 0 Å². The maximum atomic E-state index is 11.7. The SMILES string of the molecule is CCOC(=O)C(Cl)=Cc1cc(-n2c(O)c3c(c2O)CCCC3)ccc1Cl. The summed E-state index contributed by atoms with van der Waals surface area (Å²) >= 11 is 12.2. The van der Waals surface area contributed by atoms with Crippen molar-refractivity contribution in [2.24, 2.45) is 0 Å². The number of benzene rings is 1. The lowest BCUT2D eigenvalue weighted by Crippen LogP contribution is -2.03. The van der Waals surface area contributed by atoms with Gasteiger partial charge in [0.05, 0.1) is 12.3 Å². The predicted octanol–water partition coefficient (Wildman–Crippen LogP) is 4.56. The van der Waals surface area contributed by atoms with Crippen LogP contribution in [0.5, 0.6) is 11.8 Å². The van der Waals surface area contributed by atoms with Gasteiger partial charge >= 0.3 is 5.97 Å². The summed E-state index contributed by atoms with van der Waals surface area (Å²) in [5, 5.41) is 21.4. The number of esters is 1. The Kier molecular flexibility index (Phi) is 5.49. The van der Waals surface area contributed by atoms with Crippen molar-refractivity contribution in [2.75, 3.05) is 6.61 Å². The summed E-state index contributed by atoms with van der Waals surface area (Å²) in [6.45, 7) is 1.91. The summed E-state index contributed by atoms with van der Waals surface area (Å²) in [6, 6.07) is 4.95. The van der Waals surface area contributed by atoms with Gasteiger partial charge in [-0.05, 0) is 62.4 Å². The van der Waals surface area contributed by atoms with Crippen LogP contribution in [0, 0.1) is 0 Å². The molecular weight excluding hydrogens is 377 g/mol. The van der Waals surface area contributed by atoms with E-state index in [2.05, 4.69) is 0 Å². The minimum Gasteiger partial charge on any atom is -0.494 e. The van der Waals surface area contributed by atoms with Crippen LogP contribution in [0.15, 0.2) is 23.2 Å². The number of halogens is 2. The van der Waals surface area contributed by atoms with Crippen molar-refractivity contribution in [3.05, 3.63) is 44.9 Å². The number of aromatic nitrogens is 1. The number of rotatable bonds is 4.